The first-order chi connectivity index (χ1) is 9.48. The number of aliphatic imine (C=N–C) groups is 1. The van der Waals surface area contributed by atoms with Crippen molar-refractivity contribution in [3.05, 3.63) is 0 Å². The van der Waals surface area contributed by atoms with Gasteiger partial charge in [0.25, 0.3) is 0 Å². The molecule has 1 atom stereocenters. The lowest BCUT2D eigenvalue weighted by atomic mass is 10.3. The van der Waals surface area contributed by atoms with Crippen molar-refractivity contribution in [3.8, 4) is 0 Å². The normalized spacial score (nSPS) is 24.9. The number of guanidine groups is 1. The van der Waals surface area contributed by atoms with E-state index in [0.717, 1.165) is 37.8 Å². The molecule has 2 fully saturated rings. The van der Waals surface area contributed by atoms with E-state index in [0.29, 0.717) is 19.1 Å². The lowest BCUT2D eigenvalue weighted by Gasteiger charge is -2.18. The summed E-state index contributed by atoms with van der Waals surface area (Å²) in [6, 6.07) is 1.25. The fraction of sp³-hybridized carbons (Fsp3) is 0.917. The Kier molecular flexibility index (Phi) is 5.22. The number of likely N-dealkylation sites (tertiary alicyclic amines) is 1. The van der Waals surface area contributed by atoms with Crippen molar-refractivity contribution in [1.29, 1.82) is 0 Å². The topological polar surface area (TPSA) is 85.8 Å². The highest BCUT2D eigenvalue weighted by atomic mass is 32.2. The van der Waals surface area contributed by atoms with Gasteiger partial charge in [-0.25, -0.2) is 13.1 Å². The molecule has 3 N–H and O–H groups in total. The van der Waals surface area contributed by atoms with Crippen LogP contribution in [-0.4, -0.2) is 70.8 Å². The predicted molar refractivity (Wildman–Crippen MR) is 80.3 cm³/mol. The summed E-state index contributed by atoms with van der Waals surface area (Å²) < 4.78 is 24.3. The molecule has 1 heterocycles. The summed E-state index contributed by atoms with van der Waals surface area (Å²) in [6.07, 6.45) is 4.98. The van der Waals surface area contributed by atoms with Crippen LogP contribution in [0.2, 0.25) is 0 Å². The molecule has 1 saturated carbocycles. The minimum atomic E-state index is -3.12. The molecule has 0 aromatic carbocycles. The number of sulfonamides is 1. The first-order valence-electron chi connectivity index (χ1n) is 7.14. The molecule has 20 heavy (non-hydrogen) atoms. The Morgan fingerprint density at radius 3 is 2.65 bits per heavy atom. The lowest BCUT2D eigenvalue weighted by molar-refractivity contribution is 0.321. The van der Waals surface area contributed by atoms with Crippen molar-refractivity contribution < 1.29 is 8.42 Å². The molecule has 1 aliphatic carbocycles. The van der Waals surface area contributed by atoms with E-state index < -0.39 is 10.0 Å². The Bertz CT molecular complexity index is 447. The van der Waals surface area contributed by atoms with Crippen molar-refractivity contribution in [3.63, 3.8) is 0 Å². The van der Waals surface area contributed by atoms with Gasteiger partial charge in [-0.3, -0.25) is 9.89 Å². The Morgan fingerprint density at radius 1 is 1.30 bits per heavy atom. The highest BCUT2D eigenvalue weighted by molar-refractivity contribution is 7.88. The summed E-state index contributed by atoms with van der Waals surface area (Å²) in [6.45, 7) is 3.12. The zero-order chi connectivity index (χ0) is 14.6. The van der Waals surface area contributed by atoms with Crippen molar-refractivity contribution in [2.45, 2.75) is 31.3 Å². The van der Waals surface area contributed by atoms with E-state index in [1.165, 1.54) is 12.8 Å². The van der Waals surface area contributed by atoms with Crippen LogP contribution >= 0.6 is 0 Å². The third-order valence-electron chi connectivity index (χ3n) is 3.63. The molecular weight excluding hydrogens is 278 g/mol. The third kappa shape index (κ3) is 5.26. The maximum Gasteiger partial charge on any atom is 0.208 e. The van der Waals surface area contributed by atoms with Gasteiger partial charge in [-0.2, -0.15) is 0 Å². The molecule has 0 bridgehead atoms. The smallest absolute Gasteiger partial charge is 0.208 e. The van der Waals surface area contributed by atoms with E-state index in [1.807, 2.05) is 0 Å². The highest BCUT2D eigenvalue weighted by Crippen LogP contribution is 2.29. The average molecular weight is 303 g/mol. The van der Waals surface area contributed by atoms with E-state index >= 15 is 0 Å². The maximum atomic E-state index is 10.9. The Hall–Kier alpha value is -0.860. The molecule has 0 aromatic heterocycles. The van der Waals surface area contributed by atoms with E-state index in [-0.39, 0.29) is 0 Å². The minimum Gasteiger partial charge on any atom is -0.355 e. The molecule has 1 saturated heterocycles. The van der Waals surface area contributed by atoms with Crippen molar-refractivity contribution in [2.75, 3.05) is 39.5 Å². The molecule has 8 heteroatoms. The first kappa shape index (κ1) is 15.5. The van der Waals surface area contributed by atoms with Crippen LogP contribution in [-0.2, 0) is 10.0 Å². The molecule has 116 valence electrons. The summed E-state index contributed by atoms with van der Waals surface area (Å²) in [4.78, 5) is 6.71. The quantitative estimate of drug-likeness (QED) is 0.331. The number of nitrogens with zero attached hydrogens (tertiary/aromatic N) is 2. The van der Waals surface area contributed by atoms with Gasteiger partial charge in [0, 0.05) is 45.3 Å². The molecule has 7 nitrogen and oxygen atoms in total. The molecule has 0 radical (unpaired) electrons. The summed E-state index contributed by atoms with van der Waals surface area (Å²) >= 11 is 0. The summed E-state index contributed by atoms with van der Waals surface area (Å²) in [5.74, 6) is 0.739. The maximum absolute atomic E-state index is 10.9. The van der Waals surface area contributed by atoms with Gasteiger partial charge in [0.05, 0.1) is 6.26 Å². The van der Waals surface area contributed by atoms with Crippen LogP contribution in [0, 0.1) is 0 Å². The van der Waals surface area contributed by atoms with Gasteiger partial charge in [-0.05, 0) is 19.3 Å². The second-order valence-corrected chi connectivity index (χ2v) is 7.35. The molecule has 0 amide bonds. The van der Waals surface area contributed by atoms with E-state index in [4.69, 9.17) is 0 Å². The van der Waals surface area contributed by atoms with Gasteiger partial charge in [-0.1, -0.05) is 0 Å². The minimum absolute atomic E-state index is 0.360. The number of hydrogen-bond donors (Lipinski definition) is 3. The van der Waals surface area contributed by atoms with Crippen LogP contribution in [0.3, 0.4) is 0 Å². The van der Waals surface area contributed by atoms with Crippen LogP contribution in [0.4, 0.5) is 0 Å². The number of rotatable bonds is 6. The van der Waals surface area contributed by atoms with Gasteiger partial charge in [0.1, 0.15) is 0 Å². The second-order valence-electron chi connectivity index (χ2n) is 5.52. The van der Waals surface area contributed by atoms with Crippen LogP contribution < -0.4 is 15.4 Å². The van der Waals surface area contributed by atoms with Crippen molar-refractivity contribution in [2.24, 2.45) is 4.99 Å². The first-order valence-corrected chi connectivity index (χ1v) is 9.03. The monoisotopic (exact) mass is 303 g/mol. The van der Waals surface area contributed by atoms with Crippen molar-refractivity contribution >= 4 is 16.0 Å². The largest absolute Gasteiger partial charge is 0.355 e. The molecule has 2 aliphatic rings. The standard InChI is InChI=1S/C12H25N5O2S/c1-13-12(14-6-7-15-20(2,18)19)16-10-5-8-17(9-10)11-3-4-11/h10-11,15H,3-9H2,1-2H3,(H2,13,14,16). The van der Waals surface area contributed by atoms with E-state index in [1.54, 1.807) is 7.05 Å². The van der Waals surface area contributed by atoms with Gasteiger partial charge < -0.3 is 10.6 Å². The van der Waals surface area contributed by atoms with Gasteiger partial charge in [0.15, 0.2) is 5.96 Å². The van der Waals surface area contributed by atoms with Crippen LogP contribution in [0.1, 0.15) is 19.3 Å². The predicted octanol–water partition coefficient (Wildman–Crippen LogP) is -1.06. The second kappa shape index (κ2) is 6.73. The fourth-order valence-corrected chi connectivity index (χ4v) is 2.95. The van der Waals surface area contributed by atoms with Crippen molar-refractivity contribution in [1.82, 2.24) is 20.3 Å². The Balaban J connectivity index is 1.65. The zero-order valence-corrected chi connectivity index (χ0v) is 13.0. The van der Waals surface area contributed by atoms with Crippen LogP contribution in [0.5, 0.6) is 0 Å². The molecule has 1 aliphatic heterocycles. The third-order valence-corrected chi connectivity index (χ3v) is 4.36. The summed E-state index contributed by atoms with van der Waals surface area (Å²) in [5, 5.41) is 6.52. The molecule has 0 spiro atoms. The van der Waals surface area contributed by atoms with Crippen LogP contribution in [0.25, 0.3) is 0 Å². The summed E-state index contributed by atoms with van der Waals surface area (Å²) in [7, 11) is -1.39. The molecule has 1 unspecified atom stereocenters. The molecule has 0 aromatic rings. The van der Waals surface area contributed by atoms with E-state index in [2.05, 4.69) is 25.2 Å². The highest BCUT2D eigenvalue weighted by Gasteiger charge is 2.34. The molecular formula is C12H25N5O2S. The van der Waals surface area contributed by atoms with Gasteiger partial charge in [0.2, 0.25) is 10.0 Å². The number of nitrogens with one attached hydrogen (secondary N) is 3. The zero-order valence-electron chi connectivity index (χ0n) is 12.2. The van der Waals surface area contributed by atoms with Gasteiger partial charge in [-0.15, -0.1) is 0 Å². The molecule has 2 rings (SSSR count). The van der Waals surface area contributed by atoms with E-state index in [9.17, 15) is 8.42 Å². The lowest BCUT2D eigenvalue weighted by Crippen LogP contribution is -2.46. The number of hydrogen-bond acceptors (Lipinski definition) is 4. The SMILES string of the molecule is CN=C(NCCNS(C)(=O)=O)NC1CCN(C2CC2)C1. The summed E-state index contributed by atoms with van der Waals surface area (Å²) in [5.41, 5.74) is 0. The average Bonchev–Trinajstić information content (AvgIpc) is 3.12. The Morgan fingerprint density at radius 2 is 2.05 bits per heavy atom. The van der Waals surface area contributed by atoms with Crippen LogP contribution in [0.15, 0.2) is 4.99 Å². The Labute approximate surface area is 121 Å². The fourth-order valence-electron chi connectivity index (χ4n) is 2.48. The van der Waals surface area contributed by atoms with Gasteiger partial charge >= 0.3 is 0 Å².